The van der Waals surface area contributed by atoms with E-state index >= 15 is 0 Å². The molecule has 2 fully saturated rings. The molecule has 1 amide bonds. The van der Waals surface area contributed by atoms with Gasteiger partial charge in [0.1, 0.15) is 5.82 Å². The molecule has 0 radical (unpaired) electrons. The van der Waals surface area contributed by atoms with E-state index in [1.165, 1.54) is 11.6 Å². The van der Waals surface area contributed by atoms with Gasteiger partial charge in [0, 0.05) is 18.0 Å². The summed E-state index contributed by atoms with van der Waals surface area (Å²) in [5.41, 5.74) is 2.13. The van der Waals surface area contributed by atoms with Crippen LogP contribution in [-0.4, -0.2) is 22.0 Å². The Labute approximate surface area is 170 Å². The Morgan fingerprint density at radius 3 is 2.71 bits per heavy atom. The summed E-state index contributed by atoms with van der Waals surface area (Å²) in [4.78, 5) is 16.7. The third-order valence-electron chi connectivity index (χ3n) is 6.55. The molecule has 2 aliphatic rings. The van der Waals surface area contributed by atoms with E-state index in [4.69, 9.17) is 0 Å². The van der Waals surface area contributed by atoms with Crippen LogP contribution in [0.3, 0.4) is 0 Å². The molecule has 0 bridgehead atoms. The monoisotopic (exact) mass is 400 g/mol. The lowest BCUT2D eigenvalue weighted by molar-refractivity contribution is -0.122. The molecule has 1 unspecified atom stereocenters. The van der Waals surface area contributed by atoms with E-state index in [1.807, 2.05) is 6.20 Å². The minimum atomic E-state index is -0.193. The van der Waals surface area contributed by atoms with Gasteiger partial charge in [-0.3, -0.25) is 9.78 Å². The summed E-state index contributed by atoms with van der Waals surface area (Å²) in [6, 6.07) is 6.97. The lowest BCUT2D eigenvalue weighted by Gasteiger charge is -2.18. The van der Waals surface area contributed by atoms with Gasteiger partial charge in [0.25, 0.3) is 0 Å². The van der Waals surface area contributed by atoms with Gasteiger partial charge in [0.15, 0.2) is 0 Å². The van der Waals surface area contributed by atoms with E-state index in [0.717, 1.165) is 42.3 Å². The van der Waals surface area contributed by atoms with Gasteiger partial charge in [-0.1, -0.05) is 6.92 Å². The first-order chi connectivity index (χ1) is 13.5. The average molecular weight is 401 g/mol. The third-order valence-corrected chi connectivity index (χ3v) is 7.50. The summed E-state index contributed by atoms with van der Waals surface area (Å²) in [5.74, 6) is 3.42. The minimum Gasteiger partial charge on any atom is -0.345 e. The van der Waals surface area contributed by atoms with Gasteiger partial charge in [0.05, 0.1) is 10.9 Å². The zero-order chi connectivity index (χ0) is 19.7. The lowest BCUT2D eigenvalue weighted by Crippen LogP contribution is -2.31. The number of halogens is 1. The largest absolute Gasteiger partial charge is 0.345 e. The van der Waals surface area contributed by atoms with Gasteiger partial charge in [-0.25, -0.2) is 4.39 Å². The molecule has 2 aromatic rings. The second-order valence-corrected chi connectivity index (χ2v) is 10.1. The van der Waals surface area contributed by atoms with Gasteiger partial charge in [-0.15, -0.1) is 11.8 Å². The van der Waals surface area contributed by atoms with E-state index in [9.17, 15) is 9.18 Å². The number of nitrogens with zero attached hydrogens (tertiary/aromatic N) is 1. The fraction of sp³-hybridized carbons (Fsp3) is 0.565. The molecule has 0 spiro atoms. The normalized spacial score (nSPS) is 27.7. The average Bonchev–Trinajstić information content (AvgIpc) is 3.19. The Morgan fingerprint density at radius 1 is 1.25 bits per heavy atom. The molecule has 1 heterocycles. The summed E-state index contributed by atoms with van der Waals surface area (Å²) in [6.45, 7) is 4.17. The van der Waals surface area contributed by atoms with Crippen LogP contribution in [0, 0.1) is 23.6 Å². The Kier molecular flexibility index (Phi) is 5.91. The quantitative estimate of drug-likeness (QED) is 0.651. The first-order valence-corrected chi connectivity index (χ1v) is 11.5. The number of benzene rings is 1. The molecule has 2 aliphatic carbocycles. The standard InChI is InChI=1S/C23H29FN2OS/c1-3-28-14(2)26-23(27)10-15-8-16-11-18(12-17(16)9-15)20-6-7-25-22-5-4-19(24)13-21(20)22/h4-7,13-18H,3,8-12H2,1-2H3,(H,26,27)/t14?,15-,16+,17-,18-. The van der Waals surface area contributed by atoms with Crippen LogP contribution in [0.25, 0.3) is 10.9 Å². The van der Waals surface area contributed by atoms with Gasteiger partial charge in [-0.05, 0) is 91.9 Å². The van der Waals surface area contributed by atoms with Crippen molar-refractivity contribution >= 4 is 28.6 Å². The maximum absolute atomic E-state index is 13.8. The maximum atomic E-state index is 13.8. The zero-order valence-electron chi connectivity index (χ0n) is 16.7. The van der Waals surface area contributed by atoms with Crippen molar-refractivity contribution in [1.82, 2.24) is 10.3 Å². The summed E-state index contributed by atoms with van der Waals surface area (Å²) in [6.07, 6.45) is 7.13. The van der Waals surface area contributed by atoms with Crippen LogP contribution in [0.5, 0.6) is 0 Å². The lowest BCUT2D eigenvalue weighted by atomic mass is 9.89. The first-order valence-electron chi connectivity index (χ1n) is 10.5. The molecular formula is C23H29FN2OS. The van der Waals surface area contributed by atoms with Gasteiger partial charge in [-0.2, -0.15) is 0 Å². The Morgan fingerprint density at radius 2 is 2.00 bits per heavy atom. The number of hydrogen-bond acceptors (Lipinski definition) is 3. The number of aromatic nitrogens is 1. The fourth-order valence-corrected chi connectivity index (χ4v) is 6.21. The summed E-state index contributed by atoms with van der Waals surface area (Å²) in [7, 11) is 0. The smallest absolute Gasteiger partial charge is 0.221 e. The molecule has 1 N–H and O–H groups in total. The minimum absolute atomic E-state index is 0.193. The molecule has 5 atom stereocenters. The fourth-order valence-electron chi connectivity index (χ4n) is 5.50. The molecule has 5 heteroatoms. The summed E-state index contributed by atoms with van der Waals surface area (Å²) < 4.78 is 13.8. The van der Waals surface area contributed by atoms with Crippen molar-refractivity contribution in [2.45, 2.75) is 57.2 Å². The van der Waals surface area contributed by atoms with E-state index in [2.05, 4.69) is 30.2 Å². The number of hydrogen-bond donors (Lipinski definition) is 1. The zero-order valence-corrected chi connectivity index (χ0v) is 17.5. The maximum Gasteiger partial charge on any atom is 0.221 e. The molecule has 1 aromatic carbocycles. The molecule has 0 aliphatic heterocycles. The highest BCUT2D eigenvalue weighted by molar-refractivity contribution is 7.99. The van der Waals surface area contributed by atoms with Crippen LogP contribution >= 0.6 is 11.8 Å². The molecule has 3 nitrogen and oxygen atoms in total. The molecular weight excluding hydrogens is 371 g/mol. The number of carbonyl (C=O) groups excluding carboxylic acids is 1. The van der Waals surface area contributed by atoms with Crippen molar-refractivity contribution < 1.29 is 9.18 Å². The first kappa shape index (κ1) is 19.7. The van der Waals surface area contributed by atoms with E-state index < -0.39 is 0 Å². The number of carbonyl (C=O) groups is 1. The Balaban J connectivity index is 1.37. The third kappa shape index (κ3) is 4.19. The van der Waals surface area contributed by atoms with Crippen LogP contribution < -0.4 is 5.32 Å². The number of fused-ring (bicyclic) bond motifs is 2. The molecule has 0 saturated heterocycles. The number of nitrogens with one attached hydrogen (secondary N) is 1. The number of rotatable bonds is 6. The van der Waals surface area contributed by atoms with Crippen LogP contribution in [0.4, 0.5) is 4.39 Å². The van der Waals surface area contributed by atoms with Crippen LogP contribution in [0.1, 0.15) is 57.4 Å². The summed E-state index contributed by atoms with van der Waals surface area (Å²) in [5, 5.41) is 4.28. The Bertz CT molecular complexity index is 844. The molecule has 1 aromatic heterocycles. The second-order valence-electron chi connectivity index (χ2n) is 8.46. The van der Waals surface area contributed by atoms with Crippen molar-refractivity contribution in [3.63, 3.8) is 0 Å². The second kappa shape index (κ2) is 8.40. The highest BCUT2D eigenvalue weighted by atomic mass is 32.2. The molecule has 28 heavy (non-hydrogen) atoms. The molecule has 2 saturated carbocycles. The topological polar surface area (TPSA) is 42.0 Å². The molecule has 150 valence electrons. The highest BCUT2D eigenvalue weighted by Crippen LogP contribution is 2.53. The van der Waals surface area contributed by atoms with E-state index in [0.29, 0.717) is 30.1 Å². The van der Waals surface area contributed by atoms with Crippen LogP contribution in [0.15, 0.2) is 30.5 Å². The van der Waals surface area contributed by atoms with Crippen molar-refractivity contribution in [3.8, 4) is 0 Å². The van der Waals surface area contributed by atoms with E-state index in [1.54, 1.807) is 23.9 Å². The predicted octanol–water partition coefficient (Wildman–Crippen LogP) is 5.50. The van der Waals surface area contributed by atoms with E-state index in [-0.39, 0.29) is 17.1 Å². The van der Waals surface area contributed by atoms with Gasteiger partial charge >= 0.3 is 0 Å². The summed E-state index contributed by atoms with van der Waals surface area (Å²) >= 11 is 1.77. The van der Waals surface area contributed by atoms with Gasteiger partial charge in [0.2, 0.25) is 5.91 Å². The van der Waals surface area contributed by atoms with Gasteiger partial charge < -0.3 is 5.32 Å². The number of amides is 1. The number of thioether (sulfide) groups is 1. The molecule has 4 rings (SSSR count). The van der Waals surface area contributed by atoms with Crippen molar-refractivity contribution in [2.75, 3.05) is 5.75 Å². The van der Waals surface area contributed by atoms with Crippen molar-refractivity contribution in [3.05, 3.63) is 41.8 Å². The number of pyridine rings is 1. The predicted molar refractivity (Wildman–Crippen MR) is 114 cm³/mol. The van der Waals surface area contributed by atoms with Crippen LogP contribution in [0.2, 0.25) is 0 Å². The van der Waals surface area contributed by atoms with Crippen LogP contribution in [-0.2, 0) is 4.79 Å². The SMILES string of the molecule is CCSC(C)NC(=O)C[C@H]1C[C@@H]2C[C@H](c3ccnc4ccc(F)cc34)C[C@@H]2C1. The Hall–Kier alpha value is -1.62. The van der Waals surface area contributed by atoms with Crippen molar-refractivity contribution in [2.24, 2.45) is 17.8 Å². The highest BCUT2D eigenvalue weighted by Gasteiger charge is 2.42. The van der Waals surface area contributed by atoms with Crippen molar-refractivity contribution in [1.29, 1.82) is 0 Å².